The van der Waals surface area contributed by atoms with Gasteiger partial charge in [0.05, 0.1) is 5.56 Å². The van der Waals surface area contributed by atoms with Gasteiger partial charge in [-0.05, 0) is 6.07 Å². The molecule has 0 unspecified atom stereocenters. The number of carbonyl (C=O) groups is 1. The molecule has 0 aliphatic carbocycles. The molecular formula is C12H16ClN3O2. The largest absolute Gasteiger partial charge is 0.336 e. The molecule has 1 fully saturated rings. The minimum absolute atomic E-state index is 0.0308. The van der Waals surface area contributed by atoms with Crippen LogP contribution in [0.5, 0.6) is 0 Å². The zero-order valence-corrected chi connectivity index (χ0v) is 10.8. The van der Waals surface area contributed by atoms with Gasteiger partial charge in [0.25, 0.3) is 5.91 Å². The molecule has 6 heteroatoms. The van der Waals surface area contributed by atoms with Gasteiger partial charge in [0.1, 0.15) is 0 Å². The summed E-state index contributed by atoms with van der Waals surface area (Å²) in [7, 11) is 0. The van der Waals surface area contributed by atoms with E-state index in [2.05, 4.69) is 9.88 Å². The smallest absolute Gasteiger partial charge is 0.255 e. The molecule has 5 nitrogen and oxygen atoms in total. The molecule has 1 amide bonds. The van der Waals surface area contributed by atoms with Gasteiger partial charge >= 0.3 is 0 Å². The number of aromatic nitrogens is 1. The highest BCUT2D eigenvalue weighted by Crippen LogP contribution is 2.07. The molecule has 18 heavy (non-hydrogen) atoms. The molecule has 98 valence electrons. The highest BCUT2D eigenvalue weighted by atomic mass is 35.5. The van der Waals surface area contributed by atoms with E-state index in [0.717, 1.165) is 19.6 Å². The van der Waals surface area contributed by atoms with E-state index in [-0.39, 0.29) is 11.5 Å². The van der Waals surface area contributed by atoms with E-state index in [0.29, 0.717) is 24.5 Å². The van der Waals surface area contributed by atoms with Crippen LogP contribution < -0.4 is 5.56 Å². The van der Waals surface area contributed by atoms with E-state index in [4.69, 9.17) is 11.6 Å². The van der Waals surface area contributed by atoms with Crippen LogP contribution in [0, 0.1) is 0 Å². The Morgan fingerprint density at radius 2 is 2.00 bits per heavy atom. The summed E-state index contributed by atoms with van der Waals surface area (Å²) in [4.78, 5) is 29.6. The Morgan fingerprint density at radius 3 is 2.56 bits per heavy atom. The Kier molecular flexibility index (Phi) is 4.38. The number of rotatable bonds is 3. The summed E-state index contributed by atoms with van der Waals surface area (Å²) in [6, 6.07) is 2.93. The van der Waals surface area contributed by atoms with Crippen molar-refractivity contribution < 1.29 is 4.79 Å². The summed E-state index contributed by atoms with van der Waals surface area (Å²) in [5.41, 5.74) is 0.332. The number of H-pyrrole nitrogens is 1. The fraction of sp³-hybridized carbons (Fsp3) is 0.500. The van der Waals surface area contributed by atoms with E-state index in [1.807, 2.05) is 0 Å². The molecule has 1 aromatic rings. The molecule has 0 aromatic carbocycles. The first-order valence-electron chi connectivity index (χ1n) is 5.97. The van der Waals surface area contributed by atoms with Crippen molar-refractivity contribution in [1.82, 2.24) is 14.8 Å². The van der Waals surface area contributed by atoms with Gasteiger partial charge in [-0.15, -0.1) is 11.6 Å². The van der Waals surface area contributed by atoms with Gasteiger partial charge in [-0.1, -0.05) is 0 Å². The third kappa shape index (κ3) is 3.11. The van der Waals surface area contributed by atoms with Crippen molar-refractivity contribution in [3.63, 3.8) is 0 Å². The summed E-state index contributed by atoms with van der Waals surface area (Å²) in [5.74, 6) is 0.588. The number of nitrogens with one attached hydrogen (secondary N) is 1. The topological polar surface area (TPSA) is 56.4 Å². The normalized spacial score (nSPS) is 16.8. The Balaban J connectivity index is 1.95. The zero-order valence-electron chi connectivity index (χ0n) is 10.1. The molecule has 1 aliphatic rings. The average molecular weight is 270 g/mol. The lowest BCUT2D eigenvalue weighted by Gasteiger charge is -2.34. The highest BCUT2D eigenvalue weighted by molar-refractivity contribution is 6.18. The molecule has 0 atom stereocenters. The van der Waals surface area contributed by atoms with Crippen LogP contribution >= 0.6 is 11.6 Å². The third-order valence-electron chi connectivity index (χ3n) is 3.09. The maximum absolute atomic E-state index is 12.1. The molecule has 1 aliphatic heterocycles. The first-order chi connectivity index (χ1) is 8.70. The van der Waals surface area contributed by atoms with Gasteiger partial charge in [-0.3, -0.25) is 14.5 Å². The van der Waals surface area contributed by atoms with Crippen molar-refractivity contribution in [2.75, 3.05) is 38.6 Å². The van der Waals surface area contributed by atoms with E-state index >= 15 is 0 Å². The fourth-order valence-electron chi connectivity index (χ4n) is 2.02. The standard InChI is InChI=1S/C12H16ClN3O2/c13-3-4-15-5-7-16(8-6-15)12(18)10-1-2-11(17)14-9-10/h1-2,9H,3-8H2,(H,14,17). The van der Waals surface area contributed by atoms with Gasteiger partial charge in [-0.2, -0.15) is 0 Å². The lowest BCUT2D eigenvalue weighted by Crippen LogP contribution is -2.49. The number of hydrogen-bond donors (Lipinski definition) is 1. The quantitative estimate of drug-likeness (QED) is 0.807. The molecule has 0 bridgehead atoms. The number of carbonyl (C=O) groups excluding carboxylic acids is 1. The molecule has 1 N–H and O–H groups in total. The predicted molar refractivity (Wildman–Crippen MR) is 70.1 cm³/mol. The molecule has 2 rings (SSSR count). The summed E-state index contributed by atoms with van der Waals surface area (Å²) in [5, 5.41) is 0. The molecule has 0 spiro atoms. The number of nitrogens with zero attached hydrogens (tertiary/aromatic N) is 2. The zero-order chi connectivity index (χ0) is 13.0. The van der Waals surface area contributed by atoms with Crippen molar-refractivity contribution in [1.29, 1.82) is 0 Å². The van der Waals surface area contributed by atoms with Gasteiger partial charge in [0.2, 0.25) is 5.56 Å². The second-order valence-corrected chi connectivity index (χ2v) is 4.64. The van der Waals surface area contributed by atoms with Crippen LogP contribution in [0.1, 0.15) is 10.4 Å². The number of amides is 1. The van der Waals surface area contributed by atoms with E-state index in [1.54, 1.807) is 11.0 Å². The summed E-state index contributed by atoms with van der Waals surface area (Å²) in [6.45, 7) is 3.97. The van der Waals surface area contributed by atoms with Gasteiger partial charge in [-0.25, -0.2) is 0 Å². The lowest BCUT2D eigenvalue weighted by molar-refractivity contribution is 0.0644. The maximum atomic E-state index is 12.1. The number of hydrogen-bond acceptors (Lipinski definition) is 3. The van der Waals surface area contributed by atoms with Crippen LogP contribution in [0.2, 0.25) is 0 Å². The number of pyridine rings is 1. The van der Waals surface area contributed by atoms with Crippen molar-refractivity contribution in [2.45, 2.75) is 0 Å². The number of aromatic amines is 1. The fourth-order valence-corrected chi connectivity index (χ4v) is 2.26. The highest BCUT2D eigenvalue weighted by Gasteiger charge is 2.21. The Bertz CT molecular complexity index is 446. The lowest BCUT2D eigenvalue weighted by atomic mass is 10.2. The number of piperazine rings is 1. The second-order valence-electron chi connectivity index (χ2n) is 4.26. The number of alkyl halides is 1. The minimum atomic E-state index is -0.196. The van der Waals surface area contributed by atoms with Crippen molar-refractivity contribution in [3.8, 4) is 0 Å². The van der Waals surface area contributed by atoms with Crippen LogP contribution in [0.25, 0.3) is 0 Å². The second kappa shape index (κ2) is 6.02. The Hall–Kier alpha value is -1.33. The number of halogens is 1. The first kappa shape index (κ1) is 13.1. The molecule has 1 aromatic heterocycles. The maximum Gasteiger partial charge on any atom is 0.255 e. The Morgan fingerprint density at radius 1 is 1.28 bits per heavy atom. The van der Waals surface area contributed by atoms with Gasteiger partial charge in [0, 0.05) is 50.9 Å². The molecule has 1 saturated heterocycles. The Labute approximate surface area is 110 Å². The summed E-state index contributed by atoms with van der Waals surface area (Å²) in [6.07, 6.45) is 1.47. The van der Waals surface area contributed by atoms with Crippen LogP contribution in [0.15, 0.2) is 23.1 Å². The minimum Gasteiger partial charge on any atom is -0.336 e. The molecule has 0 radical (unpaired) electrons. The molecular weight excluding hydrogens is 254 g/mol. The summed E-state index contributed by atoms with van der Waals surface area (Å²) < 4.78 is 0. The van der Waals surface area contributed by atoms with Gasteiger partial charge < -0.3 is 9.88 Å². The van der Waals surface area contributed by atoms with Crippen LogP contribution in [-0.4, -0.2) is 59.3 Å². The van der Waals surface area contributed by atoms with Crippen LogP contribution in [0.4, 0.5) is 0 Å². The monoisotopic (exact) mass is 269 g/mol. The van der Waals surface area contributed by atoms with E-state index < -0.39 is 0 Å². The van der Waals surface area contributed by atoms with Crippen LogP contribution in [-0.2, 0) is 0 Å². The first-order valence-corrected chi connectivity index (χ1v) is 6.50. The molecule has 2 heterocycles. The predicted octanol–water partition coefficient (Wildman–Crippen LogP) is 0.371. The third-order valence-corrected chi connectivity index (χ3v) is 3.26. The van der Waals surface area contributed by atoms with Crippen molar-refractivity contribution >= 4 is 17.5 Å². The van der Waals surface area contributed by atoms with Crippen LogP contribution in [0.3, 0.4) is 0 Å². The van der Waals surface area contributed by atoms with Crippen molar-refractivity contribution in [3.05, 3.63) is 34.2 Å². The summed E-state index contributed by atoms with van der Waals surface area (Å²) >= 11 is 5.69. The SMILES string of the molecule is O=C(c1ccc(=O)[nH]c1)N1CCN(CCCl)CC1. The van der Waals surface area contributed by atoms with E-state index in [1.165, 1.54) is 12.3 Å². The van der Waals surface area contributed by atoms with Crippen molar-refractivity contribution in [2.24, 2.45) is 0 Å². The average Bonchev–Trinajstić information content (AvgIpc) is 2.40. The van der Waals surface area contributed by atoms with E-state index in [9.17, 15) is 9.59 Å². The molecule has 0 saturated carbocycles. The van der Waals surface area contributed by atoms with Gasteiger partial charge in [0.15, 0.2) is 0 Å².